The molecule has 0 saturated heterocycles. The highest BCUT2D eigenvalue weighted by molar-refractivity contribution is 6.05. The summed E-state index contributed by atoms with van der Waals surface area (Å²) < 4.78 is 13.9. The molecular formula is C30H23FN2O2. The fourth-order valence-corrected chi connectivity index (χ4v) is 4.43. The van der Waals surface area contributed by atoms with Crippen molar-refractivity contribution in [2.45, 2.75) is 13.5 Å². The molecule has 0 saturated carbocycles. The number of aromatic carboxylic acids is 1. The van der Waals surface area contributed by atoms with E-state index < -0.39 is 11.8 Å². The fraction of sp³-hybridized carbons (Fsp3) is 0.0667. The molecule has 2 N–H and O–H groups in total. The van der Waals surface area contributed by atoms with Crippen molar-refractivity contribution < 1.29 is 14.3 Å². The van der Waals surface area contributed by atoms with Gasteiger partial charge in [-0.3, -0.25) is 0 Å². The molecule has 4 nitrogen and oxygen atoms in total. The molecule has 172 valence electrons. The van der Waals surface area contributed by atoms with Gasteiger partial charge in [0.1, 0.15) is 5.82 Å². The van der Waals surface area contributed by atoms with Crippen LogP contribution in [0, 0.1) is 12.7 Å². The predicted octanol–water partition coefficient (Wildman–Crippen LogP) is 7.33. The zero-order valence-corrected chi connectivity index (χ0v) is 19.1. The van der Waals surface area contributed by atoms with E-state index in [1.54, 1.807) is 6.92 Å². The van der Waals surface area contributed by atoms with Gasteiger partial charge in [0.2, 0.25) is 0 Å². The first-order valence-electron chi connectivity index (χ1n) is 11.3. The van der Waals surface area contributed by atoms with Gasteiger partial charge in [0.15, 0.2) is 0 Å². The second-order valence-electron chi connectivity index (χ2n) is 8.38. The number of anilines is 1. The van der Waals surface area contributed by atoms with E-state index in [0.29, 0.717) is 28.7 Å². The van der Waals surface area contributed by atoms with Gasteiger partial charge in [0.05, 0.1) is 16.8 Å². The normalized spacial score (nSPS) is 10.9. The van der Waals surface area contributed by atoms with Gasteiger partial charge in [-0.25, -0.2) is 14.2 Å². The van der Waals surface area contributed by atoms with Gasteiger partial charge in [0.25, 0.3) is 0 Å². The monoisotopic (exact) mass is 462 g/mol. The van der Waals surface area contributed by atoms with E-state index in [-0.39, 0.29) is 5.56 Å². The second kappa shape index (κ2) is 9.39. The highest BCUT2D eigenvalue weighted by Crippen LogP contribution is 2.34. The van der Waals surface area contributed by atoms with Crippen LogP contribution in [0.5, 0.6) is 0 Å². The highest BCUT2D eigenvalue weighted by Gasteiger charge is 2.19. The number of nitrogens with zero attached hydrogens (tertiary/aromatic N) is 1. The lowest BCUT2D eigenvalue weighted by atomic mass is 9.93. The number of fused-ring (bicyclic) bond motifs is 1. The molecule has 0 fully saturated rings. The number of rotatable bonds is 6. The van der Waals surface area contributed by atoms with Crippen molar-refractivity contribution in [1.82, 2.24) is 4.98 Å². The van der Waals surface area contributed by atoms with Gasteiger partial charge in [-0.05, 0) is 65.6 Å². The van der Waals surface area contributed by atoms with Crippen molar-refractivity contribution in [1.29, 1.82) is 0 Å². The van der Waals surface area contributed by atoms with Gasteiger partial charge in [-0.1, -0.05) is 60.7 Å². The molecule has 0 unspecified atom stereocenters. The quantitative estimate of drug-likeness (QED) is 0.277. The molecule has 0 aliphatic heterocycles. The summed E-state index contributed by atoms with van der Waals surface area (Å²) in [5.41, 5.74) is 6.63. The summed E-state index contributed by atoms with van der Waals surface area (Å²) in [4.78, 5) is 16.9. The molecule has 5 heteroatoms. The molecule has 0 amide bonds. The van der Waals surface area contributed by atoms with Gasteiger partial charge >= 0.3 is 5.97 Å². The number of halogens is 1. The first-order chi connectivity index (χ1) is 17.0. The molecule has 1 heterocycles. The van der Waals surface area contributed by atoms with Crippen molar-refractivity contribution >= 4 is 22.6 Å². The number of nitrogens with one attached hydrogen (secondary N) is 1. The van der Waals surface area contributed by atoms with Gasteiger partial charge in [-0.2, -0.15) is 0 Å². The molecule has 5 rings (SSSR count). The number of pyridine rings is 1. The number of carboxylic acids is 1. The number of carboxylic acid groups (broad SMARTS) is 1. The number of hydrogen-bond acceptors (Lipinski definition) is 3. The largest absolute Gasteiger partial charge is 0.478 e. The third-order valence-electron chi connectivity index (χ3n) is 6.12. The first kappa shape index (κ1) is 22.3. The molecule has 0 aliphatic carbocycles. The zero-order valence-electron chi connectivity index (χ0n) is 19.1. The van der Waals surface area contributed by atoms with Crippen molar-refractivity contribution in [2.75, 3.05) is 5.32 Å². The van der Waals surface area contributed by atoms with Crippen LogP contribution < -0.4 is 5.32 Å². The second-order valence-corrected chi connectivity index (χ2v) is 8.38. The van der Waals surface area contributed by atoms with E-state index in [4.69, 9.17) is 4.98 Å². The molecule has 0 spiro atoms. The molecular weight excluding hydrogens is 439 g/mol. The minimum Gasteiger partial charge on any atom is -0.478 e. The molecule has 0 aliphatic rings. The van der Waals surface area contributed by atoms with Crippen LogP contribution in [0.4, 0.5) is 10.1 Å². The summed E-state index contributed by atoms with van der Waals surface area (Å²) in [6.07, 6.45) is 0. The number of para-hydroxylation sites is 1. The fourth-order valence-electron chi connectivity index (χ4n) is 4.43. The lowest BCUT2D eigenvalue weighted by Crippen LogP contribution is -2.06. The summed E-state index contributed by atoms with van der Waals surface area (Å²) in [7, 11) is 0. The maximum absolute atomic E-state index is 13.9. The summed E-state index contributed by atoms with van der Waals surface area (Å²) in [6, 6.07) is 30.2. The molecule has 0 bridgehead atoms. The van der Waals surface area contributed by atoms with Gasteiger partial charge in [-0.15, -0.1) is 0 Å². The van der Waals surface area contributed by atoms with Crippen molar-refractivity contribution in [3.05, 3.63) is 120 Å². The van der Waals surface area contributed by atoms with E-state index in [2.05, 4.69) is 23.5 Å². The maximum Gasteiger partial charge on any atom is 0.336 e. The summed E-state index contributed by atoms with van der Waals surface area (Å²) >= 11 is 0. The van der Waals surface area contributed by atoms with Crippen LogP contribution >= 0.6 is 0 Å². The van der Waals surface area contributed by atoms with Crippen molar-refractivity contribution in [3.63, 3.8) is 0 Å². The van der Waals surface area contributed by atoms with E-state index >= 15 is 0 Å². The Bertz CT molecular complexity index is 1530. The van der Waals surface area contributed by atoms with Crippen LogP contribution in [0.2, 0.25) is 0 Å². The lowest BCUT2D eigenvalue weighted by Gasteiger charge is -2.16. The van der Waals surface area contributed by atoms with Crippen LogP contribution in [-0.2, 0) is 6.54 Å². The smallest absolute Gasteiger partial charge is 0.336 e. The lowest BCUT2D eigenvalue weighted by molar-refractivity contribution is 0.0698. The average Bonchev–Trinajstić information content (AvgIpc) is 2.88. The summed E-state index contributed by atoms with van der Waals surface area (Å²) in [5, 5.41) is 13.7. The standard InChI is InChI=1S/C30H23FN2O2/c1-19-28(30(34)35)26-17-23(31)13-15-27(26)33-29(19)21-12-14-25(20-8-4-2-5-9-20)22(16-21)18-32-24-10-6-3-7-11-24/h2-17,32H,18H2,1H3,(H,34,35). The van der Waals surface area contributed by atoms with Crippen LogP contribution in [0.25, 0.3) is 33.3 Å². The molecule has 0 atom stereocenters. The minimum absolute atomic E-state index is 0.0700. The van der Waals surface area contributed by atoms with Crippen LogP contribution in [-0.4, -0.2) is 16.1 Å². The Morgan fingerprint density at radius 1 is 0.886 bits per heavy atom. The molecule has 35 heavy (non-hydrogen) atoms. The number of carbonyl (C=O) groups is 1. The molecule has 0 radical (unpaired) electrons. The zero-order chi connectivity index (χ0) is 24.4. The average molecular weight is 463 g/mol. The van der Waals surface area contributed by atoms with E-state index in [1.807, 2.05) is 60.7 Å². The van der Waals surface area contributed by atoms with Crippen LogP contribution in [0.15, 0.2) is 97.1 Å². The third kappa shape index (κ3) is 4.49. The van der Waals surface area contributed by atoms with E-state index in [0.717, 1.165) is 27.9 Å². The maximum atomic E-state index is 13.9. The Labute approximate surface area is 202 Å². The number of hydrogen-bond donors (Lipinski definition) is 2. The SMILES string of the molecule is Cc1c(-c2ccc(-c3ccccc3)c(CNc3ccccc3)c2)nc2ccc(F)cc2c1C(=O)O. The molecule has 5 aromatic rings. The Hall–Kier alpha value is -4.51. The third-order valence-corrected chi connectivity index (χ3v) is 6.12. The Balaban J connectivity index is 1.66. The first-order valence-corrected chi connectivity index (χ1v) is 11.3. The van der Waals surface area contributed by atoms with Gasteiger partial charge < -0.3 is 10.4 Å². The number of aromatic nitrogens is 1. The topological polar surface area (TPSA) is 62.2 Å². The molecule has 1 aromatic heterocycles. The summed E-state index contributed by atoms with van der Waals surface area (Å²) in [5.74, 6) is -1.59. The molecule has 4 aromatic carbocycles. The summed E-state index contributed by atoms with van der Waals surface area (Å²) in [6.45, 7) is 2.30. The van der Waals surface area contributed by atoms with Gasteiger partial charge in [0, 0.05) is 23.2 Å². The Kier molecular flexibility index (Phi) is 5.98. The van der Waals surface area contributed by atoms with E-state index in [9.17, 15) is 14.3 Å². The highest BCUT2D eigenvalue weighted by atomic mass is 19.1. The predicted molar refractivity (Wildman–Crippen MR) is 138 cm³/mol. The van der Waals surface area contributed by atoms with Crippen molar-refractivity contribution in [3.8, 4) is 22.4 Å². The van der Waals surface area contributed by atoms with Crippen LogP contribution in [0.1, 0.15) is 21.5 Å². The number of benzene rings is 4. The Morgan fingerprint density at radius 3 is 2.31 bits per heavy atom. The minimum atomic E-state index is -1.10. The van der Waals surface area contributed by atoms with E-state index in [1.165, 1.54) is 18.2 Å². The van der Waals surface area contributed by atoms with Crippen LogP contribution in [0.3, 0.4) is 0 Å². The Morgan fingerprint density at radius 2 is 1.60 bits per heavy atom. The van der Waals surface area contributed by atoms with Crippen molar-refractivity contribution in [2.24, 2.45) is 0 Å².